The SMILES string of the molecule is Fc1ccc(F)c(C2=CC(Cl)CCC2)c1. The van der Waals surface area contributed by atoms with E-state index in [2.05, 4.69) is 0 Å². The minimum absolute atomic E-state index is 0.0589. The maximum atomic E-state index is 13.4. The Hall–Kier alpha value is -0.890. The summed E-state index contributed by atoms with van der Waals surface area (Å²) in [6, 6.07) is 3.51. The van der Waals surface area contributed by atoms with Crippen LogP contribution in [0.5, 0.6) is 0 Å². The average Bonchev–Trinajstić information content (AvgIpc) is 2.22. The third-order valence-electron chi connectivity index (χ3n) is 2.58. The molecule has 0 nitrogen and oxygen atoms in total. The van der Waals surface area contributed by atoms with Gasteiger partial charge in [-0.1, -0.05) is 6.08 Å². The summed E-state index contributed by atoms with van der Waals surface area (Å²) >= 11 is 5.96. The van der Waals surface area contributed by atoms with Gasteiger partial charge in [-0.05, 0) is 43.0 Å². The van der Waals surface area contributed by atoms with Gasteiger partial charge in [-0.15, -0.1) is 11.6 Å². The van der Waals surface area contributed by atoms with E-state index in [-0.39, 0.29) is 11.2 Å². The van der Waals surface area contributed by atoms with Crippen LogP contribution < -0.4 is 0 Å². The molecule has 1 aliphatic rings. The van der Waals surface area contributed by atoms with E-state index in [1.165, 1.54) is 6.07 Å². The Balaban J connectivity index is 2.40. The number of hydrogen-bond acceptors (Lipinski definition) is 0. The van der Waals surface area contributed by atoms with Gasteiger partial charge in [-0.3, -0.25) is 0 Å². The fourth-order valence-corrected chi connectivity index (χ4v) is 2.15. The Labute approximate surface area is 92.6 Å². The van der Waals surface area contributed by atoms with Crippen molar-refractivity contribution in [1.82, 2.24) is 0 Å². The summed E-state index contributed by atoms with van der Waals surface area (Å²) in [5.74, 6) is -0.794. The van der Waals surface area contributed by atoms with Crippen LogP contribution in [0.4, 0.5) is 8.78 Å². The number of halogens is 3. The molecule has 0 bridgehead atoms. The van der Waals surface area contributed by atoms with Crippen molar-refractivity contribution in [2.24, 2.45) is 0 Å². The summed E-state index contributed by atoms with van der Waals surface area (Å²) in [4.78, 5) is 0. The largest absolute Gasteiger partial charge is 0.207 e. The highest BCUT2D eigenvalue weighted by atomic mass is 35.5. The molecule has 0 radical (unpaired) electrons. The van der Waals surface area contributed by atoms with Gasteiger partial charge in [0.15, 0.2) is 0 Å². The normalized spacial score (nSPS) is 21.3. The van der Waals surface area contributed by atoms with E-state index < -0.39 is 5.82 Å². The smallest absolute Gasteiger partial charge is 0.130 e. The van der Waals surface area contributed by atoms with E-state index in [1.807, 2.05) is 6.08 Å². The van der Waals surface area contributed by atoms with Gasteiger partial charge in [0.05, 0.1) is 5.38 Å². The summed E-state index contributed by atoms with van der Waals surface area (Å²) < 4.78 is 26.4. The lowest BCUT2D eigenvalue weighted by Crippen LogP contribution is -2.04. The zero-order valence-electron chi connectivity index (χ0n) is 8.14. The lowest BCUT2D eigenvalue weighted by Gasteiger charge is -2.17. The maximum absolute atomic E-state index is 13.4. The lowest BCUT2D eigenvalue weighted by molar-refractivity contribution is 0.594. The van der Waals surface area contributed by atoms with Crippen molar-refractivity contribution in [3.05, 3.63) is 41.5 Å². The zero-order chi connectivity index (χ0) is 10.8. The molecule has 2 rings (SSSR count). The highest BCUT2D eigenvalue weighted by Gasteiger charge is 2.15. The van der Waals surface area contributed by atoms with Crippen LogP contribution in [0.1, 0.15) is 24.8 Å². The lowest BCUT2D eigenvalue weighted by atomic mass is 9.93. The maximum Gasteiger partial charge on any atom is 0.130 e. The number of hydrogen-bond donors (Lipinski definition) is 0. The van der Waals surface area contributed by atoms with Gasteiger partial charge < -0.3 is 0 Å². The minimum Gasteiger partial charge on any atom is -0.207 e. The first kappa shape index (κ1) is 10.6. The topological polar surface area (TPSA) is 0 Å². The molecule has 1 aromatic rings. The second-order valence-corrected chi connectivity index (χ2v) is 4.28. The van der Waals surface area contributed by atoms with Gasteiger partial charge in [-0.2, -0.15) is 0 Å². The van der Waals surface area contributed by atoms with Crippen molar-refractivity contribution < 1.29 is 8.78 Å². The third kappa shape index (κ3) is 2.37. The van der Waals surface area contributed by atoms with Gasteiger partial charge in [-0.25, -0.2) is 8.78 Å². The van der Waals surface area contributed by atoms with Crippen LogP contribution in [-0.2, 0) is 0 Å². The monoisotopic (exact) mass is 228 g/mol. The van der Waals surface area contributed by atoms with Crippen LogP contribution in [0.15, 0.2) is 24.3 Å². The molecule has 0 spiro atoms. The van der Waals surface area contributed by atoms with Crippen molar-refractivity contribution >= 4 is 17.2 Å². The number of rotatable bonds is 1. The van der Waals surface area contributed by atoms with Crippen LogP contribution >= 0.6 is 11.6 Å². The first-order chi connectivity index (χ1) is 7.16. The van der Waals surface area contributed by atoms with Crippen LogP contribution in [0, 0.1) is 11.6 Å². The summed E-state index contributed by atoms with van der Waals surface area (Å²) in [6.45, 7) is 0. The van der Waals surface area contributed by atoms with E-state index in [9.17, 15) is 8.78 Å². The molecule has 0 saturated heterocycles. The fourth-order valence-electron chi connectivity index (χ4n) is 1.84. The molecule has 1 atom stereocenters. The fraction of sp³-hybridized carbons (Fsp3) is 0.333. The molecule has 1 aliphatic carbocycles. The first-order valence-corrected chi connectivity index (χ1v) is 5.40. The summed E-state index contributed by atoms with van der Waals surface area (Å²) in [6.07, 6.45) is 4.42. The molecular formula is C12H11ClF2. The molecular weight excluding hydrogens is 218 g/mol. The van der Waals surface area contributed by atoms with E-state index in [4.69, 9.17) is 11.6 Å². The molecule has 0 N–H and O–H groups in total. The molecule has 0 aliphatic heterocycles. The summed E-state index contributed by atoms with van der Waals surface area (Å²) in [5.41, 5.74) is 1.17. The van der Waals surface area contributed by atoms with Crippen molar-refractivity contribution in [2.45, 2.75) is 24.6 Å². The number of benzene rings is 1. The number of allylic oxidation sites excluding steroid dienone is 2. The molecule has 0 fully saturated rings. The van der Waals surface area contributed by atoms with E-state index in [0.29, 0.717) is 5.56 Å². The molecule has 15 heavy (non-hydrogen) atoms. The summed E-state index contributed by atoms with van der Waals surface area (Å²) in [7, 11) is 0. The highest BCUT2D eigenvalue weighted by Crippen LogP contribution is 2.30. The first-order valence-electron chi connectivity index (χ1n) is 4.97. The van der Waals surface area contributed by atoms with Crippen molar-refractivity contribution in [2.75, 3.05) is 0 Å². The van der Waals surface area contributed by atoms with Gasteiger partial charge in [0.1, 0.15) is 11.6 Å². The van der Waals surface area contributed by atoms with Gasteiger partial charge in [0, 0.05) is 5.56 Å². The Morgan fingerprint density at radius 2 is 2.07 bits per heavy atom. The Bertz CT molecular complexity index is 399. The van der Waals surface area contributed by atoms with Crippen LogP contribution in [0.3, 0.4) is 0 Å². The van der Waals surface area contributed by atoms with E-state index in [1.54, 1.807) is 0 Å². The average molecular weight is 229 g/mol. The Morgan fingerprint density at radius 1 is 1.27 bits per heavy atom. The van der Waals surface area contributed by atoms with Crippen LogP contribution in [0.2, 0.25) is 0 Å². The molecule has 0 saturated carbocycles. The quantitative estimate of drug-likeness (QED) is 0.634. The second kappa shape index (κ2) is 4.31. The predicted molar refractivity (Wildman–Crippen MR) is 57.8 cm³/mol. The summed E-state index contributed by atoms with van der Waals surface area (Å²) in [5, 5.41) is -0.0589. The number of alkyl halides is 1. The molecule has 0 aromatic heterocycles. The highest BCUT2D eigenvalue weighted by molar-refractivity contribution is 6.22. The molecule has 1 aromatic carbocycles. The molecule has 0 heterocycles. The molecule has 1 unspecified atom stereocenters. The van der Waals surface area contributed by atoms with Crippen molar-refractivity contribution in [3.63, 3.8) is 0 Å². The Kier molecular flexibility index (Phi) is 3.06. The molecule has 80 valence electrons. The van der Waals surface area contributed by atoms with Gasteiger partial charge in [0.25, 0.3) is 0 Å². The zero-order valence-corrected chi connectivity index (χ0v) is 8.90. The van der Waals surface area contributed by atoms with Crippen LogP contribution in [-0.4, -0.2) is 5.38 Å². The molecule has 0 amide bonds. The van der Waals surface area contributed by atoms with Gasteiger partial charge in [0.2, 0.25) is 0 Å². The van der Waals surface area contributed by atoms with E-state index in [0.717, 1.165) is 37.0 Å². The van der Waals surface area contributed by atoms with Gasteiger partial charge >= 0.3 is 0 Å². The van der Waals surface area contributed by atoms with Crippen molar-refractivity contribution in [1.29, 1.82) is 0 Å². The molecule has 3 heteroatoms. The third-order valence-corrected chi connectivity index (χ3v) is 2.93. The van der Waals surface area contributed by atoms with Crippen LogP contribution in [0.25, 0.3) is 5.57 Å². The Morgan fingerprint density at radius 3 is 2.80 bits per heavy atom. The van der Waals surface area contributed by atoms with E-state index >= 15 is 0 Å². The minimum atomic E-state index is -0.413. The predicted octanol–water partition coefficient (Wildman–Crippen LogP) is 4.14. The standard InChI is InChI=1S/C12H11ClF2/c13-9-3-1-2-8(6-9)11-7-10(14)4-5-12(11)15/h4-7,9H,1-3H2. The second-order valence-electron chi connectivity index (χ2n) is 3.72. The van der Waals surface area contributed by atoms with Crippen molar-refractivity contribution in [3.8, 4) is 0 Å².